The van der Waals surface area contributed by atoms with Gasteiger partial charge in [-0.05, 0) is 49.3 Å². The normalized spacial score (nSPS) is 19.2. The minimum atomic E-state index is 0.528. The maximum absolute atomic E-state index is 4.82. The number of aliphatic imine (C=N–C) groups is 2. The molecule has 20 heavy (non-hydrogen) atoms. The van der Waals surface area contributed by atoms with Crippen LogP contribution in [0.4, 0.5) is 5.69 Å². The van der Waals surface area contributed by atoms with Crippen LogP contribution in [-0.2, 0) is 0 Å². The lowest BCUT2D eigenvalue weighted by Crippen LogP contribution is -2.12. The molecule has 0 atom stereocenters. The standard InChI is InChI=1S/C18H20N2/c1-3-7-15(8-4-1)19-17-11-13-18(14-12-17)20-16-9-5-2-6-10-16/h1,3-4,7-8,11-14,16H,2,5-6,9-10H2. The molecule has 1 saturated carbocycles. The molecule has 3 rings (SSSR count). The first-order chi connectivity index (χ1) is 9.90. The van der Waals surface area contributed by atoms with Gasteiger partial charge in [0.1, 0.15) is 0 Å². The fraction of sp³-hybridized carbons (Fsp3) is 0.333. The third kappa shape index (κ3) is 3.53. The Morgan fingerprint density at radius 1 is 0.750 bits per heavy atom. The van der Waals surface area contributed by atoms with Crippen LogP contribution in [0.25, 0.3) is 0 Å². The summed E-state index contributed by atoms with van der Waals surface area (Å²) in [7, 11) is 0. The predicted molar refractivity (Wildman–Crippen MR) is 86.1 cm³/mol. The van der Waals surface area contributed by atoms with Crippen molar-refractivity contribution in [1.29, 1.82) is 0 Å². The van der Waals surface area contributed by atoms with E-state index in [1.165, 1.54) is 32.1 Å². The van der Waals surface area contributed by atoms with Crippen molar-refractivity contribution < 1.29 is 0 Å². The molecule has 2 nitrogen and oxygen atoms in total. The Labute approximate surface area is 120 Å². The van der Waals surface area contributed by atoms with Gasteiger partial charge in [-0.15, -0.1) is 0 Å². The molecule has 0 aliphatic heterocycles. The Bertz CT molecular complexity index is 540. The number of rotatable bonds is 2. The van der Waals surface area contributed by atoms with Crippen LogP contribution in [-0.4, -0.2) is 17.5 Å². The number of hydrogen-bond acceptors (Lipinski definition) is 2. The van der Waals surface area contributed by atoms with Crippen LogP contribution in [0.1, 0.15) is 32.1 Å². The second-order valence-electron chi connectivity index (χ2n) is 5.38. The van der Waals surface area contributed by atoms with Gasteiger partial charge in [-0.1, -0.05) is 37.5 Å². The summed E-state index contributed by atoms with van der Waals surface area (Å²) in [6.07, 6.45) is 14.8. The topological polar surface area (TPSA) is 24.7 Å². The maximum Gasteiger partial charge on any atom is 0.0638 e. The summed E-state index contributed by atoms with van der Waals surface area (Å²) >= 11 is 0. The first kappa shape index (κ1) is 13.0. The number of benzene rings is 1. The minimum Gasteiger partial charge on any atom is -0.282 e. The highest BCUT2D eigenvalue weighted by molar-refractivity contribution is 6.19. The number of allylic oxidation sites excluding steroid dienone is 4. The molecular formula is C18H20N2. The van der Waals surface area contributed by atoms with Crippen LogP contribution < -0.4 is 0 Å². The molecule has 102 valence electrons. The summed E-state index contributed by atoms with van der Waals surface area (Å²) in [6.45, 7) is 0. The number of para-hydroxylation sites is 1. The smallest absolute Gasteiger partial charge is 0.0638 e. The molecule has 2 aliphatic rings. The molecule has 0 unspecified atom stereocenters. The quantitative estimate of drug-likeness (QED) is 0.694. The molecule has 0 saturated heterocycles. The maximum atomic E-state index is 4.82. The van der Waals surface area contributed by atoms with Crippen molar-refractivity contribution in [3.8, 4) is 0 Å². The zero-order valence-electron chi connectivity index (χ0n) is 11.7. The molecule has 0 bridgehead atoms. The molecule has 0 spiro atoms. The summed E-state index contributed by atoms with van der Waals surface area (Å²) in [5, 5.41) is 0. The van der Waals surface area contributed by atoms with E-state index < -0.39 is 0 Å². The van der Waals surface area contributed by atoms with Gasteiger partial charge >= 0.3 is 0 Å². The van der Waals surface area contributed by atoms with E-state index in [9.17, 15) is 0 Å². The Balaban J connectivity index is 1.67. The van der Waals surface area contributed by atoms with Crippen molar-refractivity contribution in [3.05, 3.63) is 54.6 Å². The third-order valence-corrected chi connectivity index (χ3v) is 3.77. The van der Waals surface area contributed by atoms with E-state index in [0.717, 1.165) is 17.1 Å². The van der Waals surface area contributed by atoms with Crippen LogP contribution in [0.15, 0.2) is 64.6 Å². The number of nitrogens with zero attached hydrogens (tertiary/aromatic N) is 2. The van der Waals surface area contributed by atoms with Crippen LogP contribution in [0.3, 0.4) is 0 Å². The molecule has 0 amide bonds. The van der Waals surface area contributed by atoms with Crippen molar-refractivity contribution in [2.45, 2.75) is 38.1 Å². The zero-order valence-corrected chi connectivity index (χ0v) is 11.7. The average Bonchev–Trinajstić information content (AvgIpc) is 2.51. The summed E-state index contributed by atoms with van der Waals surface area (Å²) in [5.41, 5.74) is 3.06. The van der Waals surface area contributed by atoms with Gasteiger partial charge in [-0.25, -0.2) is 4.99 Å². The van der Waals surface area contributed by atoms with Gasteiger partial charge in [0.2, 0.25) is 0 Å². The van der Waals surface area contributed by atoms with Crippen molar-refractivity contribution in [3.63, 3.8) is 0 Å². The van der Waals surface area contributed by atoms with Crippen LogP contribution in [0.5, 0.6) is 0 Å². The lowest BCUT2D eigenvalue weighted by molar-refractivity contribution is 0.444. The van der Waals surface area contributed by atoms with E-state index in [1.807, 2.05) is 30.3 Å². The van der Waals surface area contributed by atoms with Gasteiger partial charge < -0.3 is 0 Å². The van der Waals surface area contributed by atoms with Crippen molar-refractivity contribution >= 4 is 17.1 Å². The van der Waals surface area contributed by atoms with E-state index in [-0.39, 0.29) is 0 Å². The highest BCUT2D eigenvalue weighted by atomic mass is 14.8. The summed E-state index contributed by atoms with van der Waals surface area (Å²) in [4.78, 5) is 9.41. The first-order valence-electron chi connectivity index (χ1n) is 7.48. The van der Waals surface area contributed by atoms with Gasteiger partial charge in [0.05, 0.1) is 23.2 Å². The van der Waals surface area contributed by atoms with Crippen molar-refractivity contribution in [1.82, 2.24) is 0 Å². The lowest BCUT2D eigenvalue weighted by Gasteiger charge is -2.18. The molecular weight excluding hydrogens is 244 g/mol. The van der Waals surface area contributed by atoms with E-state index in [2.05, 4.69) is 29.3 Å². The van der Waals surface area contributed by atoms with Crippen LogP contribution in [0.2, 0.25) is 0 Å². The second kappa shape index (κ2) is 6.47. The second-order valence-corrected chi connectivity index (χ2v) is 5.38. The molecule has 2 heteroatoms. The first-order valence-corrected chi connectivity index (χ1v) is 7.48. The van der Waals surface area contributed by atoms with Crippen LogP contribution in [0, 0.1) is 0 Å². The van der Waals surface area contributed by atoms with E-state index in [0.29, 0.717) is 6.04 Å². The third-order valence-electron chi connectivity index (χ3n) is 3.77. The molecule has 0 heterocycles. The van der Waals surface area contributed by atoms with Crippen LogP contribution >= 0.6 is 0 Å². The van der Waals surface area contributed by atoms with E-state index in [1.54, 1.807) is 0 Å². The molecule has 1 aromatic carbocycles. The Kier molecular flexibility index (Phi) is 4.22. The molecule has 0 N–H and O–H groups in total. The highest BCUT2D eigenvalue weighted by Gasteiger charge is 2.12. The molecule has 2 aliphatic carbocycles. The van der Waals surface area contributed by atoms with Gasteiger partial charge in [0, 0.05) is 0 Å². The Morgan fingerprint density at radius 2 is 1.40 bits per heavy atom. The molecule has 0 radical (unpaired) electrons. The summed E-state index contributed by atoms with van der Waals surface area (Å²) in [6, 6.07) is 10.6. The summed E-state index contributed by atoms with van der Waals surface area (Å²) < 4.78 is 0. The predicted octanol–water partition coefficient (Wildman–Crippen LogP) is 4.66. The summed E-state index contributed by atoms with van der Waals surface area (Å²) in [5.74, 6) is 0. The van der Waals surface area contributed by atoms with E-state index in [4.69, 9.17) is 4.99 Å². The fourth-order valence-corrected chi connectivity index (χ4v) is 2.69. The lowest BCUT2D eigenvalue weighted by atomic mass is 9.96. The van der Waals surface area contributed by atoms with Gasteiger partial charge in [-0.2, -0.15) is 0 Å². The molecule has 1 fully saturated rings. The fourth-order valence-electron chi connectivity index (χ4n) is 2.69. The monoisotopic (exact) mass is 264 g/mol. The van der Waals surface area contributed by atoms with Gasteiger partial charge in [0.25, 0.3) is 0 Å². The van der Waals surface area contributed by atoms with Gasteiger partial charge in [0.15, 0.2) is 0 Å². The van der Waals surface area contributed by atoms with E-state index >= 15 is 0 Å². The largest absolute Gasteiger partial charge is 0.282 e. The Morgan fingerprint density at radius 3 is 2.10 bits per heavy atom. The van der Waals surface area contributed by atoms with Gasteiger partial charge in [-0.3, -0.25) is 4.99 Å². The van der Waals surface area contributed by atoms with Crippen molar-refractivity contribution in [2.75, 3.05) is 0 Å². The average molecular weight is 264 g/mol. The number of hydrogen-bond donors (Lipinski definition) is 0. The van der Waals surface area contributed by atoms with Crippen molar-refractivity contribution in [2.24, 2.45) is 9.98 Å². The SMILES string of the molecule is C1=CC(=NC2CCCCC2)C=CC1=Nc1ccccc1. The minimum absolute atomic E-state index is 0.528. The highest BCUT2D eigenvalue weighted by Crippen LogP contribution is 2.21. The zero-order chi connectivity index (χ0) is 13.6. The Hall–Kier alpha value is -1.96. The molecule has 1 aromatic rings. The molecule has 0 aromatic heterocycles.